The molecule has 0 heterocycles. The Balaban J connectivity index is 4.46. The molecular formula is C63H128N4O. The number of nitrogens with zero attached hydrogens (tertiary/aromatic N) is 3. The Morgan fingerprint density at radius 1 is 0.368 bits per heavy atom. The Morgan fingerprint density at radius 3 is 1.10 bits per heavy atom. The zero-order valence-electron chi connectivity index (χ0n) is 47.7. The molecule has 0 spiro atoms. The molecule has 0 aliphatic heterocycles. The highest BCUT2D eigenvalue weighted by Gasteiger charge is 2.17. The van der Waals surface area contributed by atoms with Crippen molar-refractivity contribution in [2.45, 2.75) is 336 Å². The molecule has 68 heavy (non-hydrogen) atoms. The van der Waals surface area contributed by atoms with Crippen LogP contribution >= 0.6 is 0 Å². The van der Waals surface area contributed by atoms with Gasteiger partial charge in [0.2, 0.25) is 0 Å². The van der Waals surface area contributed by atoms with Crippen LogP contribution in [-0.2, 0) is 0 Å². The maximum absolute atomic E-state index is 11.2. The van der Waals surface area contributed by atoms with Gasteiger partial charge in [-0.3, -0.25) is 4.90 Å². The molecule has 0 aromatic rings. The summed E-state index contributed by atoms with van der Waals surface area (Å²) in [6, 6.07) is 2.70. The van der Waals surface area contributed by atoms with Gasteiger partial charge in [0, 0.05) is 13.1 Å². The van der Waals surface area contributed by atoms with Crippen molar-refractivity contribution in [1.82, 2.24) is 15.1 Å². The zero-order chi connectivity index (χ0) is 49.5. The fraction of sp³-hybridized carbons (Fsp3) is 0.984. The maximum atomic E-state index is 11.2. The Bertz CT molecular complexity index is 970. The Kier molecular flexibility index (Phi) is 56.7. The van der Waals surface area contributed by atoms with Gasteiger partial charge >= 0.3 is 0 Å². The molecule has 0 radical (unpaired) electrons. The van der Waals surface area contributed by atoms with Gasteiger partial charge in [-0.1, -0.05) is 279 Å². The molecule has 0 amide bonds. The van der Waals surface area contributed by atoms with Gasteiger partial charge in [-0.2, -0.15) is 5.26 Å². The third-order valence-corrected chi connectivity index (χ3v) is 15.3. The third-order valence-electron chi connectivity index (χ3n) is 15.3. The molecule has 0 bridgehead atoms. The second-order valence-corrected chi connectivity index (χ2v) is 22.5. The number of hydrogen-bond donors (Lipinski definition) is 2. The van der Waals surface area contributed by atoms with Crippen molar-refractivity contribution in [2.75, 3.05) is 52.4 Å². The lowest BCUT2D eigenvalue weighted by atomic mass is 9.99. The van der Waals surface area contributed by atoms with E-state index in [0.717, 1.165) is 44.8 Å². The minimum atomic E-state index is -0.271. The second kappa shape index (κ2) is 57.2. The molecule has 0 aliphatic rings. The molecule has 0 fully saturated rings. The summed E-state index contributed by atoms with van der Waals surface area (Å²) in [4.78, 5) is 5.21. The van der Waals surface area contributed by atoms with Crippen LogP contribution in [0.3, 0.4) is 0 Å². The first-order valence-corrected chi connectivity index (χ1v) is 31.7. The van der Waals surface area contributed by atoms with Crippen LogP contribution in [0.1, 0.15) is 330 Å². The number of rotatable bonds is 59. The van der Waals surface area contributed by atoms with Gasteiger partial charge in [0.05, 0.1) is 18.1 Å². The van der Waals surface area contributed by atoms with Gasteiger partial charge in [-0.25, -0.2) is 0 Å². The van der Waals surface area contributed by atoms with Gasteiger partial charge in [0.15, 0.2) is 0 Å². The van der Waals surface area contributed by atoms with Crippen LogP contribution in [0.4, 0.5) is 0 Å². The summed E-state index contributed by atoms with van der Waals surface area (Å²) in [6.07, 6.45) is 61.7. The summed E-state index contributed by atoms with van der Waals surface area (Å²) in [6.45, 7) is 20.3. The third kappa shape index (κ3) is 51.7. The number of aliphatic hydroxyl groups is 1. The summed E-state index contributed by atoms with van der Waals surface area (Å²) in [7, 11) is 0. The zero-order valence-corrected chi connectivity index (χ0v) is 47.7. The van der Waals surface area contributed by atoms with E-state index in [4.69, 9.17) is 0 Å². The molecule has 0 aromatic carbocycles. The van der Waals surface area contributed by atoms with Crippen molar-refractivity contribution in [3.05, 3.63) is 0 Å². The van der Waals surface area contributed by atoms with E-state index < -0.39 is 0 Å². The van der Waals surface area contributed by atoms with E-state index in [-0.39, 0.29) is 12.0 Å². The smallest absolute Gasteiger partial charge is 0.0669 e. The van der Waals surface area contributed by atoms with Crippen molar-refractivity contribution in [2.24, 2.45) is 11.8 Å². The molecule has 406 valence electrons. The fourth-order valence-corrected chi connectivity index (χ4v) is 10.7. The van der Waals surface area contributed by atoms with Crippen LogP contribution in [0.25, 0.3) is 0 Å². The van der Waals surface area contributed by atoms with Crippen LogP contribution in [0.15, 0.2) is 0 Å². The van der Waals surface area contributed by atoms with Crippen LogP contribution in [0.2, 0.25) is 0 Å². The van der Waals surface area contributed by atoms with Crippen LogP contribution in [0, 0.1) is 23.2 Å². The monoisotopic (exact) mass is 957 g/mol. The normalized spacial score (nSPS) is 13.2. The van der Waals surface area contributed by atoms with Crippen molar-refractivity contribution < 1.29 is 5.11 Å². The van der Waals surface area contributed by atoms with E-state index in [0.29, 0.717) is 0 Å². The van der Waals surface area contributed by atoms with Gasteiger partial charge in [0.1, 0.15) is 0 Å². The molecule has 0 saturated carbocycles. The summed E-state index contributed by atoms with van der Waals surface area (Å²) in [5.74, 6) is 0.885. The predicted octanol–water partition coefficient (Wildman–Crippen LogP) is 19.3. The van der Waals surface area contributed by atoms with Crippen LogP contribution in [-0.4, -0.2) is 73.4 Å². The minimum absolute atomic E-state index is 0.0830. The molecule has 0 rings (SSSR count). The van der Waals surface area contributed by atoms with Gasteiger partial charge in [-0.05, 0) is 96.6 Å². The number of nitrogens with one attached hydrogen (secondary N) is 1. The Morgan fingerprint density at radius 2 is 0.706 bits per heavy atom. The SMILES string of the molecule is CCCCCCCCCCCCCCC(C)CNCCCCCN(CCC)CCCCCN(CC(O)CCCCCCCCCCCCCC)CC(C#N)CCCCCCCCCCCCCC. The van der Waals surface area contributed by atoms with Crippen molar-refractivity contribution in [3.8, 4) is 6.07 Å². The number of aliphatic hydroxyl groups excluding tert-OH is 1. The van der Waals surface area contributed by atoms with Gasteiger partial charge in [-0.15, -0.1) is 0 Å². The average molecular weight is 958 g/mol. The molecule has 3 unspecified atom stereocenters. The molecule has 0 aromatic heterocycles. The van der Waals surface area contributed by atoms with E-state index in [1.807, 2.05) is 0 Å². The predicted molar refractivity (Wildman–Crippen MR) is 305 cm³/mol. The standard InChI is InChI=1S/C63H128N4O/c1-6-10-13-16-19-22-25-28-31-34-37-42-49-61(5)58-65-52-45-40-46-54-66(53-9-4)55-47-41-48-56-67(60-63(68)51-44-39-36-33-30-27-24-21-18-15-12-8-3)59-62(57-64)50-43-38-35-32-29-26-23-20-17-14-11-7-2/h61-63,65,68H,6-56,58-60H2,1-5H3. The van der Waals surface area contributed by atoms with E-state index in [1.54, 1.807) is 0 Å². The summed E-state index contributed by atoms with van der Waals surface area (Å²) in [5.41, 5.74) is 0. The topological polar surface area (TPSA) is 62.5 Å². The lowest BCUT2D eigenvalue weighted by molar-refractivity contribution is 0.0956. The van der Waals surface area contributed by atoms with E-state index in [2.05, 4.69) is 55.8 Å². The van der Waals surface area contributed by atoms with Crippen LogP contribution < -0.4 is 5.32 Å². The van der Waals surface area contributed by atoms with Crippen molar-refractivity contribution >= 4 is 0 Å². The first kappa shape index (κ1) is 67.3. The Labute approximate surface area is 430 Å². The summed E-state index contributed by atoms with van der Waals surface area (Å²) in [5, 5.41) is 25.2. The molecule has 0 aliphatic carbocycles. The number of hydrogen-bond acceptors (Lipinski definition) is 5. The minimum Gasteiger partial charge on any atom is -0.392 e. The highest BCUT2D eigenvalue weighted by atomic mass is 16.3. The fourth-order valence-electron chi connectivity index (χ4n) is 10.7. The number of unbranched alkanes of at least 4 members (excludes halogenated alkanes) is 37. The lowest BCUT2D eigenvalue weighted by Crippen LogP contribution is -2.37. The molecule has 5 nitrogen and oxygen atoms in total. The first-order valence-electron chi connectivity index (χ1n) is 31.7. The van der Waals surface area contributed by atoms with E-state index in [9.17, 15) is 10.4 Å². The van der Waals surface area contributed by atoms with Crippen LogP contribution in [0.5, 0.6) is 0 Å². The molecular weight excluding hydrogens is 829 g/mol. The largest absolute Gasteiger partial charge is 0.392 e. The maximum Gasteiger partial charge on any atom is 0.0669 e. The van der Waals surface area contributed by atoms with Crippen molar-refractivity contribution in [3.63, 3.8) is 0 Å². The Hall–Kier alpha value is -0.670. The molecule has 5 heteroatoms. The van der Waals surface area contributed by atoms with Gasteiger partial charge < -0.3 is 15.3 Å². The first-order chi connectivity index (χ1) is 33.5. The summed E-state index contributed by atoms with van der Waals surface area (Å²) >= 11 is 0. The summed E-state index contributed by atoms with van der Waals surface area (Å²) < 4.78 is 0. The molecule has 2 N–H and O–H groups in total. The lowest BCUT2D eigenvalue weighted by Gasteiger charge is -2.27. The number of nitriles is 1. The average Bonchev–Trinajstić information content (AvgIpc) is 3.33. The quantitative estimate of drug-likeness (QED) is 0.0595. The van der Waals surface area contributed by atoms with Crippen molar-refractivity contribution in [1.29, 1.82) is 5.26 Å². The molecule has 3 atom stereocenters. The highest BCUT2D eigenvalue weighted by molar-refractivity contribution is 4.86. The molecule has 0 saturated heterocycles. The highest BCUT2D eigenvalue weighted by Crippen LogP contribution is 2.19. The van der Waals surface area contributed by atoms with E-state index >= 15 is 0 Å². The second-order valence-electron chi connectivity index (χ2n) is 22.5. The van der Waals surface area contributed by atoms with E-state index in [1.165, 1.54) is 309 Å². The van der Waals surface area contributed by atoms with Gasteiger partial charge in [0.25, 0.3) is 0 Å².